The molecule has 23 heavy (non-hydrogen) atoms. The number of nitrogens with one attached hydrogen (secondary N) is 1. The SMILES string of the molecule is COCC(O)CCNC(=O)C1CC1c1ccc2ccccc2c1. The van der Waals surface area contributed by atoms with Crippen molar-refractivity contribution in [3.05, 3.63) is 48.0 Å². The Morgan fingerprint density at radius 1 is 1.30 bits per heavy atom. The van der Waals surface area contributed by atoms with Crippen molar-refractivity contribution in [1.82, 2.24) is 5.32 Å². The molecule has 1 aliphatic carbocycles. The highest BCUT2D eigenvalue weighted by atomic mass is 16.5. The zero-order valence-electron chi connectivity index (χ0n) is 13.4. The lowest BCUT2D eigenvalue weighted by atomic mass is 10.0. The van der Waals surface area contributed by atoms with E-state index < -0.39 is 6.10 Å². The van der Waals surface area contributed by atoms with Crippen LogP contribution in [-0.4, -0.2) is 37.4 Å². The van der Waals surface area contributed by atoms with E-state index in [4.69, 9.17) is 4.74 Å². The number of rotatable bonds is 7. The Bertz CT molecular complexity index is 685. The minimum atomic E-state index is -0.518. The molecule has 1 amide bonds. The standard InChI is InChI=1S/C19H23NO3/c1-23-12-16(21)8-9-20-19(22)18-11-17(18)15-7-6-13-4-2-3-5-14(13)10-15/h2-7,10,16-18,21H,8-9,11-12H2,1H3,(H,20,22). The number of carbonyl (C=O) groups excluding carboxylic acids is 1. The normalized spacial score (nSPS) is 21.1. The van der Waals surface area contributed by atoms with Crippen LogP contribution in [0.5, 0.6) is 0 Å². The Labute approximate surface area is 136 Å². The maximum absolute atomic E-state index is 12.2. The Morgan fingerprint density at radius 2 is 2.09 bits per heavy atom. The van der Waals surface area contributed by atoms with Crippen molar-refractivity contribution in [2.24, 2.45) is 5.92 Å². The fourth-order valence-corrected chi connectivity index (χ4v) is 3.06. The summed E-state index contributed by atoms with van der Waals surface area (Å²) in [5, 5.41) is 14.9. The Kier molecular flexibility index (Phi) is 4.94. The molecule has 0 radical (unpaired) electrons. The van der Waals surface area contributed by atoms with Gasteiger partial charge in [0, 0.05) is 19.6 Å². The van der Waals surface area contributed by atoms with Gasteiger partial charge in [0.15, 0.2) is 0 Å². The van der Waals surface area contributed by atoms with Gasteiger partial charge in [-0.25, -0.2) is 0 Å². The van der Waals surface area contributed by atoms with Gasteiger partial charge in [-0.15, -0.1) is 0 Å². The zero-order valence-corrected chi connectivity index (χ0v) is 13.4. The van der Waals surface area contributed by atoms with Crippen molar-refractivity contribution < 1.29 is 14.6 Å². The summed E-state index contributed by atoms with van der Waals surface area (Å²) >= 11 is 0. The largest absolute Gasteiger partial charge is 0.391 e. The molecule has 0 aliphatic heterocycles. The second kappa shape index (κ2) is 7.11. The molecule has 1 saturated carbocycles. The summed E-state index contributed by atoms with van der Waals surface area (Å²) in [5.41, 5.74) is 1.24. The molecule has 0 bridgehead atoms. The van der Waals surface area contributed by atoms with E-state index in [-0.39, 0.29) is 11.8 Å². The van der Waals surface area contributed by atoms with Gasteiger partial charge in [0.1, 0.15) is 0 Å². The number of ether oxygens (including phenoxy) is 1. The van der Waals surface area contributed by atoms with Crippen LogP contribution in [0, 0.1) is 5.92 Å². The van der Waals surface area contributed by atoms with Gasteiger partial charge in [0.2, 0.25) is 5.91 Å². The predicted molar refractivity (Wildman–Crippen MR) is 90.3 cm³/mol. The second-order valence-corrected chi connectivity index (χ2v) is 6.24. The molecular weight excluding hydrogens is 290 g/mol. The summed E-state index contributed by atoms with van der Waals surface area (Å²) in [6.45, 7) is 0.795. The lowest BCUT2D eigenvalue weighted by Gasteiger charge is -2.10. The number of amides is 1. The van der Waals surface area contributed by atoms with Gasteiger partial charge in [-0.3, -0.25) is 4.79 Å². The van der Waals surface area contributed by atoms with Crippen molar-refractivity contribution in [1.29, 1.82) is 0 Å². The molecule has 3 unspecified atom stereocenters. The number of benzene rings is 2. The first-order valence-corrected chi connectivity index (χ1v) is 8.12. The number of aliphatic hydroxyl groups is 1. The van der Waals surface area contributed by atoms with Gasteiger partial charge in [-0.05, 0) is 35.1 Å². The molecule has 0 aromatic heterocycles. The van der Waals surface area contributed by atoms with Crippen LogP contribution in [0.25, 0.3) is 10.8 Å². The summed E-state index contributed by atoms with van der Waals surface area (Å²) in [4.78, 5) is 12.2. The van der Waals surface area contributed by atoms with Gasteiger partial charge in [0.05, 0.1) is 12.7 Å². The monoisotopic (exact) mass is 313 g/mol. The first-order valence-electron chi connectivity index (χ1n) is 8.12. The minimum absolute atomic E-state index is 0.0655. The molecule has 4 nitrogen and oxygen atoms in total. The fraction of sp³-hybridized carbons (Fsp3) is 0.421. The Hall–Kier alpha value is -1.91. The van der Waals surface area contributed by atoms with Crippen LogP contribution in [0.1, 0.15) is 24.3 Å². The third kappa shape index (κ3) is 3.89. The lowest BCUT2D eigenvalue weighted by molar-refractivity contribution is -0.122. The molecule has 3 atom stereocenters. The second-order valence-electron chi connectivity index (χ2n) is 6.24. The lowest BCUT2D eigenvalue weighted by Crippen LogP contribution is -2.29. The maximum Gasteiger partial charge on any atom is 0.223 e. The molecule has 4 heteroatoms. The van der Waals surface area contributed by atoms with E-state index in [0.717, 1.165) is 6.42 Å². The summed E-state index contributed by atoms with van der Waals surface area (Å²) in [5.74, 6) is 0.479. The van der Waals surface area contributed by atoms with Gasteiger partial charge in [0.25, 0.3) is 0 Å². The van der Waals surface area contributed by atoms with Crippen molar-refractivity contribution in [2.45, 2.75) is 24.9 Å². The molecule has 2 aromatic carbocycles. The van der Waals surface area contributed by atoms with Crippen LogP contribution in [-0.2, 0) is 9.53 Å². The molecule has 0 saturated heterocycles. The molecule has 2 N–H and O–H groups in total. The van der Waals surface area contributed by atoms with Crippen LogP contribution in [0.4, 0.5) is 0 Å². The van der Waals surface area contributed by atoms with Crippen LogP contribution in [0.3, 0.4) is 0 Å². The zero-order chi connectivity index (χ0) is 16.2. The molecule has 0 heterocycles. The van der Waals surface area contributed by atoms with Crippen molar-refractivity contribution in [2.75, 3.05) is 20.3 Å². The van der Waals surface area contributed by atoms with E-state index in [1.807, 2.05) is 12.1 Å². The third-order valence-corrected chi connectivity index (χ3v) is 4.46. The van der Waals surface area contributed by atoms with E-state index in [0.29, 0.717) is 25.5 Å². The smallest absolute Gasteiger partial charge is 0.223 e. The molecule has 1 fully saturated rings. The number of methoxy groups -OCH3 is 1. The molecule has 1 aliphatic rings. The molecule has 3 rings (SSSR count). The highest BCUT2D eigenvalue weighted by molar-refractivity contribution is 5.85. The average molecular weight is 313 g/mol. The fourth-order valence-electron chi connectivity index (χ4n) is 3.06. The molecule has 2 aromatic rings. The highest BCUT2D eigenvalue weighted by Gasteiger charge is 2.43. The summed E-state index contributed by atoms with van der Waals surface area (Å²) in [6, 6.07) is 14.7. The molecular formula is C19H23NO3. The summed E-state index contributed by atoms with van der Waals surface area (Å²) in [7, 11) is 1.56. The number of hydrogen-bond donors (Lipinski definition) is 2. The van der Waals surface area contributed by atoms with Crippen LogP contribution >= 0.6 is 0 Å². The van der Waals surface area contributed by atoms with Crippen molar-refractivity contribution >= 4 is 16.7 Å². The first-order chi connectivity index (χ1) is 11.2. The van der Waals surface area contributed by atoms with E-state index in [9.17, 15) is 9.90 Å². The number of aliphatic hydroxyl groups excluding tert-OH is 1. The summed E-state index contributed by atoms with van der Waals surface area (Å²) in [6.07, 6.45) is 0.911. The van der Waals surface area contributed by atoms with E-state index >= 15 is 0 Å². The number of carbonyl (C=O) groups is 1. The molecule has 0 spiro atoms. The van der Waals surface area contributed by atoms with E-state index in [1.165, 1.54) is 16.3 Å². The van der Waals surface area contributed by atoms with Gasteiger partial charge in [-0.2, -0.15) is 0 Å². The Morgan fingerprint density at radius 3 is 2.87 bits per heavy atom. The highest BCUT2D eigenvalue weighted by Crippen LogP contribution is 2.48. The molecule has 122 valence electrons. The number of hydrogen-bond acceptors (Lipinski definition) is 3. The first kappa shape index (κ1) is 16.0. The quantitative estimate of drug-likeness (QED) is 0.825. The maximum atomic E-state index is 12.2. The minimum Gasteiger partial charge on any atom is -0.391 e. The van der Waals surface area contributed by atoms with Crippen LogP contribution in [0.15, 0.2) is 42.5 Å². The van der Waals surface area contributed by atoms with Crippen molar-refractivity contribution in [3.8, 4) is 0 Å². The van der Waals surface area contributed by atoms with Crippen molar-refractivity contribution in [3.63, 3.8) is 0 Å². The Balaban J connectivity index is 1.52. The van der Waals surface area contributed by atoms with Gasteiger partial charge < -0.3 is 15.2 Å². The van der Waals surface area contributed by atoms with Gasteiger partial charge >= 0.3 is 0 Å². The average Bonchev–Trinajstić information content (AvgIpc) is 3.35. The topological polar surface area (TPSA) is 58.6 Å². The summed E-state index contributed by atoms with van der Waals surface area (Å²) < 4.78 is 4.87. The third-order valence-electron chi connectivity index (χ3n) is 4.46. The van der Waals surface area contributed by atoms with Gasteiger partial charge in [-0.1, -0.05) is 42.5 Å². The van der Waals surface area contributed by atoms with Crippen LogP contribution in [0.2, 0.25) is 0 Å². The van der Waals surface area contributed by atoms with Crippen LogP contribution < -0.4 is 5.32 Å². The van der Waals surface area contributed by atoms with E-state index in [1.54, 1.807) is 7.11 Å². The number of fused-ring (bicyclic) bond motifs is 1. The van der Waals surface area contributed by atoms with E-state index in [2.05, 4.69) is 35.6 Å². The predicted octanol–water partition coefficient (Wildman–Crippen LogP) is 2.46.